The highest BCUT2D eigenvalue weighted by molar-refractivity contribution is 5.86. The van der Waals surface area contributed by atoms with E-state index in [1.54, 1.807) is 18.3 Å². The van der Waals surface area contributed by atoms with Gasteiger partial charge < -0.3 is 5.32 Å². The molecule has 1 fully saturated rings. The van der Waals surface area contributed by atoms with Crippen LogP contribution in [0.3, 0.4) is 0 Å². The molecule has 1 saturated carbocycles. The maximum absolute atomic E-state index is 16.0. The van der Waals surface area contributed by atoms with Crippen LogP contribution in [-0.4, -0.2) is 35.7 Å². The number of rotatable bonds is 8. The molecule has 4 heterocycles. The second-order valence-corrected chi connectivity index (χ2v) is 10.4. The number of aromatic amines is 1. The number of aryl methyl sites for hydroxylation is 2. The minimum atomic E-state index is -1.67. The fourth-order valence-corrected chi connectivity index (χ4v) is 5.03. The average Bonchev–Trinajstić information content (AvgIpc) is 3.45. The molecule has 37 heavy (non-hydrogen) atoms. The van der Waals surface area contributed by atoms with E-state index in [9.17, 15) is 9.18 Å². The summed E-state index contributed by atoms with van der Waals surface area (Å²) in [5, 5.41) is 14.0. The van der Waals surface area contributed by atoms with E-state index in [2.05, 4.69) is 30.6 Å². The van der Waals surface area contributed by atoms with Crippen molar-refractivity contribution < 1.29 is 13.6 Å². The number of ketones is 1. The summed E-state index contributed by atoms with van der Waals surface area (Å²) in [5.74, 6) is 1.09. The van der Waals surface area contributed by atoms with Gasteiger partial charge in [0.05, 0.1) is 18.1 Å². The van der Waals surface area contributed by atoms with Crippen molar-refractivity contribution in [1.82, 2.24) is 29.9 Å². The SMILES string of the molecule is Cc1cc(Nc2cc(C)[nH]n2)nc(C2(F)CC(C)(C(=O)C[C@@H](C)c3ccc(-n4cc(F)cn4)nc3)C2)c1. The van der Waals surface area contributed by atoms with E-state index < -0.39 is 16.9 Å². The van der Waals surface area contributed by atoms with E-state index in [1.165, 1.54) is 10.9 Å². The quantitative estimate of drug-likeness (QED) is 0.323. The number of pyridine rings is 2. The van der Waals surface area contributed by atoms with Crippen LogP contribution in [-0.2, 0) is 10.5 Å². The van der Waals surface area contributed by atoms with Gasteiger partial charge in [-0.15, -0.1) is 0 Å². The maximum atomic E-state index is 16.0. The third-order valence-corrected chi connectivity index (χ3v) is 7.02. The predicted octanol–water partition coefficient (Wildman–Crippen LogP) is 5.61. The Morgan fingerprint density at radius 3 is 2.59 bits per heavy atom. The van der Waals surface area contributed by atoms with E-state index in [0.29, 0.717) is 23.1 Å². The van der Waals surface area contributed by atoms with Gasteiger partial charge in [-0.2, -0.15) is 10.2 Å². The van der Waals surface area contributed by atoms with Crippen LogP contribution in [0.2, 0.25) is 0 Å². The summed E-state index contributed by atoms with van der Waals surface area (Å²) in [6.07, 6.45) is 4.48. The number of carbonyl (C=O) groups excluding carboxylic acids is 1. The van der Waals surface area contributed by atoms with Crippen molar-refractivity contribution in [3.8, 4) is 5.82 Å². The lowest BCUT2D eigenvalue weighted by atomic mass is 9.57. The number of carbonyl (C=O) groups is 1. The Bertz CT molecular complexity index is 1440. The molecule has 8 nitrogen and oxygen atoms in total. The Morgan fingerprint density at radius 2 is 1.97 bits per heavy atom. The third-order valence-electron chi connectivity index (χ3n) is 7.02. The first-order chi connectivity index (χ1) is 17.5. The molecular weight excluding hydrogens is 476 g/mol. The van der Waals surface area contributed by atoms with Gasteiger partial charge in [0.15, 0.2) is 23.1 Å². The van der Waals surface area contributed by atoms with E-state index in [0.717, 1.165) is 23.0 Å². The van der Waals surface area contributed by atoms with Crippen molar-refractivity contribution in [1.29, 1.82) is 0 Å². The summed E-state index contributed by atoms with van der Waals surface area (Å²) in [6, 6.07) is 9.01. The molecule has 4 aromatic heterocycles. The van der Waals surface area contributed by atoms with Crippen LogP contribution in [0.15, 0.2) is 48.9 Å². The number of Topliss-reactive ketones (excluding diaryl/α,β-unsaturated/α-hetero) is 1. The van der Waals surface area contributed by atoms with Gasteiger partial charge in [-0.05, 0) is 61.9 Å². The van der Waals surface area contributed by atoms with Gasteiger partial charge in [-0.1, -0.05) is 19.9 Å². The highest BCUT2D eigenvalue weighted by atomic mass is 19.1. The average molecular weight is 506 g/mol. The highest BCUT2D eigenvalue weighted by Crippen LogP contribution is 2.57. The number of hydrogen-bond donors (Lipinski definition) is 2. The minimum Gasteiger partial charge on any atom is -0.323 e. The van der Waals surface area contributed by atoms with E-state index >= 15 is 4.39 Å². The number of nitrogens with one attached hydrogen (secondary N) is 2. The van der Waals surface area contributed by atoms with Crippen molar-refractivity contribution in [3.05, 3.63) is 77.3 Å². The number of nitrogens with zero attached hydrogens (tertiary/aromatic N) is 5. The molecule has 0 amide bonds. The van der Waals surface area contributed by atoms with Gasteiger partial charge in [0.2, 0.25) is 0 Å². The molecular formula is C27H29F2N7O. The number of alkyl halides is 1. The normalized spacial score (nSPS) is 21.9. The summed E-state index contributed by atoms with van der Waals surface area (Å²) in [7, 11) is 0. The lowest BCUT2D eigenvalue weighted by Crippen LogP contribution is -2.50. The number of halogens is 2. The van der Waals surface area contributed by atoms with Gasteiger partial charge in [0.1, 0.15) is 11.6 Å². The molecule has 1 atom stereocenters. The number of H-pyrrole nitrogens is 1. The zero-order valence-electron chi connectivity index (χ0n) is 21.2. The Hall–Kier alpha value is -3.95. The van der Waals surface area contributed by atoms with Gasteiger partial charge >= 0.3 is 0 Å². The molecule has 0 aliphatic heterocycles. The van der Waals surface area contributed by atoms with Crippen LogP contribution in [0, 0.1) is 25.1 Å². The van der Waals surface area contributed by atoms with E-state index in [4.69, 9.17) is 0 Å². The van der Waals surface area contributed by atoms with E-state index in [-0.39, 0.29) is 31.0 Å². The Kier molecular flexibility index (Phi) is 6.13. The topological polar surface area (TPSA) is 101 Å². The summed E-state index contributed by atoms with van der Waals surface area (Å²) < 4.78 is 30.5. The summed E-state index contributed by atoms with van der Waals surface area (Å²) in [5.41, 5.74) is 0.555. The second kappa shape index (κ2) is 9.17. The molecule has 4 aromatic rings. The van der Waals surface area contributed by atoms with Crippen molar-refractivity contribution >= 4 is 17.4 Å². The smallest absolute Gasteiger partial charge is 0.161 e. The first-order valence-corrected chi connectivity index (χ1v) is 12.2. The van der Waals surface area contributed by atoms with Crippen LogP contribution in [0.5, 0.6) is 0 Å². The lowest BCUT2D eigenvalue weighted by molar-refractivity contribution is -0.147. The van der Waals surface area contributed by atoms with Gasteiger partial charge in [-0.3, -0.25) is 9.89 Å². The summed E-state index contributed by atoms with van der Waals surface area (Å²) in [6.45, 7) is 7.56. The van der Waals surface area contributed by atoms with Crippen LogP contribution < -0.4 is 5.32 Å². The first kappa shape index (κ1) is 24.7. The maximum Gasteiger partial charge on any atom is 0.161 e. The van der Waals surface area contributed by atoms with Crippen LogP contribution in [0.25, 0.3) is 5.82 Å². The summed E-state index contributed by atoms with van der Waals surface area (Å²) in [4.78, 5) is 22.1. The number of hydrogen-bond acceptors (Lipinski definition) is 6. The van der Waals surface area contributed by atoms with Crippen molar-refractivity contribution in [2.45, 2.75) is 58.5 Å². The lowest BCUT2D eigenvalue weighted by Gasteiger charge is -2.48. The van der Waals surface area contributed by atoms with Crippen molar-refractivity contribution in [2.24, 2.45) is 5.41 Å². The van der Waals surface area contributed by atoms with Crippen LogP contribution in [0.4, 0.5) is 20.4 Å². The Labute approximate surface area is 213 Å². The zero-order valence-corrected chi connectivity index (χ0v) is 21.2. The minimum absolute atomic E-state index is 0.0181. The fraction of sp³-hybridized carbons (Fsp3) is 0.370. The van der Waals surface area contributed by atoms with E-state index in [1.807, 2.05) is 45.9 Å². The number of aromatic nitrogens is 6. The molecule has 0 spiro atoms. The first-order valence-electron chi connectivity index (χ1n) is 12.2. The fourth-order valence-electron chi connectivity index (χ4n) is 5.03. The standard InChI is InChI=1S/C27H29F2N7O/c1-16-7-21(32-23(8-16)33-24-10-18(3)34-35-24)27(29)14-26(4,15-27)22(37)9-17(2)19-5-6-25(30-11-19)36-13-20(28)12-31-36/h5-8,10-13,17H,9,14-15H2,1-4H3,(H2,32,33,34,35)/t17-,26?,27?/m1/s1. The molecule has 192 valence electrons. The molecule has 2 N–H and O–H groups in total. The molecule has 1 aliphatic carbocycles. The zero-order chi connectivity index (χ0) is 26.4. The predicted molar refractivity (Wildman–Crippen MR) is 135 cm³/mol. The number of anilines is 2. The van der Waals surface area contributed by atoms with Crippen molar-refractivity contribution in [2.75, 3.05) is 5.32 Å². The molecule has 10 heteroatoms. The highest BCUT2D eigenvalue weighted by Gasteiger charge is 2.58. The second-order valence-electron chi connectivity index (χ2n) is 10.4. The van der Waals surface area contributed by atoms with Gasteiger partial charge in [0, 0.05) is 29.8 Å². The molecule has 0 radical (unpaired) electrons. The largest absolute Gasteiger partial charge is 0.323 e. The van der Waals surface area contributed by atoms with Crippen molar-refractivity contribution in [3.63, 3.8) is 0 Å². The van der Waals surface area contributed by atoms with Crippen LogP contribution in [0.1, 0.15) is 61.5 Å². The van der Waals surface area contributed by atoms with Gasteiger partial charge in [0.25, 0.3) is 0 Å². The van der Waals surface area contributed by atoms with Gasteiger partial charge in [-0.25, -0.2) is 23.4 Å². The summed E-state index contributed by atoms with van der Waals surface area (Å²) >= 11 is 0. The molecule has 1 aliphatic rings. The Morgan fingerprint density at radius 1 is 1.19 bits per heavy atom. The van der Waals surface area contributed by atoms with Crippen LogP contribution >= 0.6 is 0 Å². The molecule has 0 saturated heterocycles. The Balaban J connectivity index is 1.24. The monoisotopic (exact) mass is 505 g/mol. The molecule has 5 rings (SSSR count). The third kappa shape index (κ3) is 5.00. The molecule has 0 bridgehead atoms. The molecule has 0 unspecified atom stereocenters. The molecule has 0 aromatic carbocycles.